The first-order valence-electron chi connectivity index (χ1n) is 8.50. The Bertz CT molecular complexity index is 492. The molecule has 0 heterocycles. The minimum Gasteiger partial charge on any atom is -0.491 e. The van der Waals surface area contributed by atoms with Crippen LogP contribution in [0.5, 0.6) is 5.75 Å². The third-order valence-electron chi connectivity index (χ3n) is 4.09. The first kappa shape index (κ1) is 20.3. The van der Waals surface area contributed by atoms with Crippen molar-refractivity contribution in [2.75, 3.05) is 13.2 Å². The van der Waals surface area contributed by atoms with Crippen molar-refractivity contribution >= 4 is 11.6 Å². The van der Waals surface area contributed by atoms with Crippen LogP contribution in [0.15, 0.2) is 12.1 Å². The lowest BCUT2D eigenvalue weighted by atomic mass is 10.0. The maximum absolute atomic E-state index is 10.3. The smallest absolute Gasteiger partial charge is 0.123 e. The van der Waals surface area contributed by atoms with Crippen LogP contribution in [0.4, 0.5) is 0 Å². The molecule has 0 unspecified atom stereocenters. The van der Waals surface area contributed by atoms with Gasteiger partial charge in [0.1, 0.15) is 18.5 Å². The summed E-state index contributed by atoms with van der Waals surface area (Å²) in [6.45, 7) is 15.7. The highest BCUT2D eigenvalue weighted by Gasteiger charge is 2.19. The van der Waals surface area contributed by atoms with E-state index in [0.717, 1.165) is 21.9 Å². The van der Waals surface area contributed by atoms with Crippen LogP contribution in [0.2, 0.25) is 5.02 Å². The van der Waals surface area contributed by atoms with E-state index < -0.39 is 6.10 Å². The van der Waals surface area contributed by atoms with Crippen LogP contribution in [0.1, 0.15) is 58.6 Å². The molecule has 4 heteroatoms. The molecule has 1 rings (SSSR count). The molecular formula is C19H32ClNO2. The largest absolute Gasteiger partial charge is 0.491 e. The number of hydrogen-bond donors (Lipinski definition) is 1. The summed E-state index contributed by atoms with van der Waals surface area (Å²) in [4.78, 5) is 2.27. The van der Waals surface area contributed by atoms with Crippen molar-refractivity contribution < 1.29 is 9.84 Å². The van der Waals surface area contributed by atoms with Gasteiger partial charge in [-0.2, -0.15) is 0 Å². The summed E-state index contributed by atoms with van der Waals surface area (Å²) >= 11 is 6.22. The van der Waals surface area contributed by atoms with Gasteiger partial charge in [-0.3, -0.25) is 4.90 Å². The Morgan fingerprint density at radius 3 is 2.13 bits per heavy atom. The molecule has 0 saturated carbocycles. The summed E-state index contributed by atoms with van der Waals surface area (Å²) in [7, 11) is 0. The lowest BCUT2D eigenvalue weighted by Crippen LogP contribution is -2.43. The van der Waals surface area contributed by atoms with Gasteiger partial charge in [-0.15, -0.1) is 0 Å². The second-order valence-corrected chi connectivity index (χ2v) is 7.55. The molecule has 0 aliphatic rings. The number of aryl methyl sites for hydroxylation is 1. The van der Waals surface area contributed by atoms with Crippen molar-refractivity contribution in [1.82, 2.24) is 4.90 Å². The minimum absolute atomic E-state index is 0.288. The highest BCUT2D eigenvalue weighted by molar-refractivity contribution is 6.31. The Morgan fingerprint density at radius 1 is 1.09 bits per heavy atom. The third kappa shape index (κ3) is 5.98. The predicted molar refractivity (Wildman–Crippen MR) is 98.8 cm³/mol. The summed E-state index contributed by atoms with van der Waals surface area (Å²) in [6, 6.07) is 4.73. The van der Waals surface area contributed by atoms with Gasteiger partial charge in [-0.1, -0.05) is 25.4 Å². The van der Waals surface area contributed by atoms with Crippen molar-refractivity contribution in [3.8, 4) is 5.75 Å². The van der Waals surface area contributed by atoms with E-state index in [1.54, 1.807) is 0 Å². The lowest BCUT2D eigenvalue weighted by molar-refractivity contribution is 0.0442. The Balaban J connectivity index is 2.76. The molecule has 0 amide bonds. The van der Waals surface area contributed by atoms with Gasteiger partial charge in [-0.25, -0.2) is 0 Å². The molecule has 1 aromatic rings. The SMILES string of the molecule is Cc1cc(OC[C@@H](O)CN(C(C)C)C(C)C)c(C(C)C)cc1Cl. The molecule has 0 aliphatic carbocycles. The van der Waals surface area contributed by atoms with E-state index in [2.05, 4.69) is 46.4 Å². The van der Waals surface area contributed by atoms with E-state index in [1.165, 1.54) is 0 Å². The summed E-state index contributed by atoms with van der Waals surface area (Å²) in [5.41, 5.74) is 2.07. The molecule has 132 valence electrons. The molecule has 1 aromatic carbocycles. The van der Waals surface area contributed by atoms with Crippen molar-refractivity contribution in [2.45, 2.75) is 72.6 Å². The monoisotopic (exact) mass is 341 g/mol. The Morgan fingerprint density at radius 2 is 1.65 bits per heavy atom. The van der Waals surface area contributed by atoms with Gasteiger partial charge in [0.05, 0.1) is 0 Å². The Kier molecular flexibility index (Phi) is 7.85. The van der Waals surface area contributed by atoms with Crippen molar-refractivity contribution in [3.63, 3.8) is 0 Å². The van der Waals surface area contributed by atoms with Crippen molar-refractivity contribution in [3.05, 3.63) is 28.3 Å². The van der Waals surface area contributed by atoms with Gasteiger partial charge >= 0.3 is 0 Å². The second kappa shape index (κ2) is 8.91. The summed E-state index contributed by atoms with van der Waals surface area (Å²) in [6.07, 6.45) is -0.518. The first-order chi connectivity index (χ1) is 10.6. The molecule has 0 radical (unpaired) electrons. The standard InChI is InChI=1S/C19H32ClNO2/c1-12(2)17-9-18(20)15(7)8-19(17)23-11-16(22)10-21(13(3)4)14(5)6/h8-9,12-14,16,22H,10-11H2,1-7H3/t16-/m0/s1. The fourth-order valence-corrected chi connectivity index (χ4v) is 2.92. The molecule has 1 N–H and O–H groups in total. The number of benzene rings is 1. The van der Waals surface area contributed by atoms with Gasteiger partial charge in [-0.05, 0) is 63.8 Å². The normalized spacial score (nSPS) is 13.4. The highest BCUT2D eigenvalue weighted by atomic mass is 35.5. The van der Waals surface area contributed by atoms with Gasteiger partial charge in [0.15, 0.2) is 0 Å². The van der Waals surface area contributed by atoms with Crippen molar-refractivity contribution in [1.29, 1.82) is 0 Å². The van der Waals surface area contributed by atoms with Crippen LogP contribution >= 0.6 is 11.6 Å². The van der Waals surface area contributed by atoms with Crippen LogP contribution in [-0.4, -0.2) is 41.3 Å². The van der Waals surface area contributed by atoms with Crippen LogP contribution in [0.3, 0.4) is 0 Å². The second-order valence-electron chi connectivity index (χ2n) is 7.14. The predicted octanol–water partition coefficient (Wildman–Crippen LogP) is 4.63. The zero-order valence-electron chi connectivity index (χ0n) is 15.6. The van der Waals surface area contributed by atoms with E-state index in [-0.39, 0.29) is 6.61 Å². The lowest BCUT2D eigenvalue weighted by Gasteiger charge is -2.32. The summed E-state index contributed by atoms with van der Waals surface area (Å²) in [5.74, 6) is 1.14. The van der Waals surface area contributed by atoms with Gasteiger partial charge in [0.25, 0.3) is 0 Å². The maximum Gasteiger partial charge on any atom is 0.123 e. The first-order valence-corrected chi connectivity index (χ1v) is 8.87. The van der Waals surface area contributed by atoms with Crippen LogP contribution in [0.25, 0.3) is 0 Å². The summed E-state index contributed by atoms with van der Waals surface area (Å²) < 4.78 is 5.92. The number of hydrogen-bond acceptors (Lipinski definition) is 3. The van der Waals surface area contributed by atoms with E-state index in [4.69, 9.17) is 16.3 Å². The van der Waals surface area contributed by atoms with Crippen LogP contribution < -0.4 is 4.74 Å². The average Bonchev–Trinajstić information content (AvgIpc) is 2.44. The average molecular weight is 342 g/mol. The number of halogens is 1. The topological polar surface area (TPSA) is 32.7 Å². The Labute approximate surface area is 146 Å². The fourth-order valence-electron chi connectivity index (χ4n) is 2.75. The van der Waals surface area contributed by atoms with Gasteiger partial charge in [0.2, 0.25) is 0 Å². The molecular weight excluding hydrogens is 310 g/mol. The van der Waals surface area contributed by atoms with E-state index >= 15 is 0 Å². The van der Waals surface area contributed by atoms with Gasteiger partial charge in [0, 0.05) is 23.7 Å². The molecule has 0 aliphatic heterocycles. The van der Waals surface area contributed by atoms with Crippen LogP contribution in [0, 0.1) is 6.92 Å². The molecule has 0 bridgehead atoms. The van der Waals surface area contributed by atoms with Crippen LogP contribution in [-0.2, 0) is 0 Å². The maximum atomic E-state index is 10.3. The minimum atomic E-state index is -0.518. The number of nitrogens with zero attached hydrogens (tertiary/aromatic N) is 1. The van der Waals surface area contributed by atoms with E-state index in [0.29, 0.717) is 24.5 Å². The molecule has 3 nitrogen and oxygen atoms in total. The molecule has 0 spiro atoms. The van der Waals surface area contributed by atoms with Gasteiger partial charge < -0.3 is 9.84 Å². The fraction of sp³-hybridized carbons (Fsp3) is 0.684. The van der Waals surface area contributed by atoms with Crippen molar-refractivity contribution in [2.24, 2.45) is 0 Å². The Hall–Kier alpha value is -0.770. The molecule has 0 fully saturated rings. The number of rotatable bonds is 8. The highest BCUT2D eigenvalue weighted by Crippen LogP contribution is 2.32. The number of aliphatic hydroxyl groups is 1. The zero-order chi connectivity index (χ0) is 17.7. The molecule has 0 aromatic heterocycles. The number of ether oxygens (including phenoxy) is 1. The third-order valence-corrected chi connectivity index (χ3v) is 4.50. The quantitative estimate of drug-likeness (QED) is 0.748. The van der Waals surface area contributed by atoms with E-state index in [1.807, 2.05) is 19.1 Å². The molecule has 0 saturated heterocycles. The molecule has 1 atom stereocenters. The number of aliphatic hydroxyl groups excluding tert-OH is 1. The van der Waals surface area contributed by atoms with E-state index in [9.17, 15) is 5.11 Å². The summed E-state index contributed by atoms with van der Waals surface area (Å²) in [5, 5.41) is 11.1. The zero-order valence-corrected chi connectivity index (χ0v) is 16.3. The molecule has 23 heavy (non-hydrogen) atoms.